The molecule has 4 heteroatoms. The quantitative estimate of drug-likeness (QED) is 0.481. The van der Waals surface area contributed by atoms with E-state index in [-0.39, 0.29) is 18.4 Å². The van der Waals surface area contributed by atoms with Crippen LogP contribution in [0.5, 0.6) is 0 Å². The van der Waals surface area contributed by atoms with E-state index < -0.39 is 5.97 Å². The number of esters is 1. The lowest BCUT2D eigenvalue weighted by Gasteiger charge is -2.07. The lowest BCUT2D eigenvalue weighted by molar-refractivity contribution is -0.685. The van der Waals surface area contributed by atoms with Gasteiger partial charge in [0, 0.05) is 17.7 Å². The van der Waals surface area contributed by atoms with E-state index in [1.165, 1.54) is 0 Å². The van der Waals surface area contributed by atoms with Crippen LogP contribution in [0.3, 0.4) is 0 Å². The second-order valence-electron chi connectivity index (χ2n) is 4.96. The van der Waals surface area contributed by atoms with E-state index in [0.29, 0.717) is 11.3 Å². The van der Waals surface area contributed by atoms with Gasteiger partial charge in [-0.15, -0.1) is 0 Å². The largest absolute Gasteiger partial charge is 0.455 e. The van der Waals surface area contributed by atoms with Gasteiger partial charge < -0.3 is 4.74 Å². The first kappa shape index (κ1) is 14.9. The summed E-state index contributed by atoms with van der Waals surface area (Å²) in [7, 11) is 0. The Labute approximate surface area is 124 Å². The van der Waals surface area contributed by atoms with Crippen molar-refractivity contribution >= 4 is 11.8 Å². The van der Waals surface area contributed by atoms with Crippen LogP contribution in [0.4, 0.5) is 0 Å². The van der Waals surface area contributed by atoms with Gasteiger partial charge in [0.15, 0.2) is 6.20 Å². The average Bonchev–Trinajstić information content (AvgIpc) is 2.48. The first-order valence-electron chi connectivity index (χ1n) is 6.85. The SMILES string of the molecule is CC(C)OC(=O)c1cccc[n+]1CC(=O)c1ccccc1. The standard InChI is InChI=1S/C17H18NO3/c1-13(2)21-17(20)15-10-6-7-11-18(15)12-16(19)14-8-4-3-5-9-14/h3-11,13H,12H2,1-2H3/q+1. The lowest BCUT2D eigenvalue weighted by atomic mass is 10.1. The second kappa shape index (κ2) is 6.79. The number of ketones is 1. The number of hydrogen-bond acceptors (Lipinski definition) is 3. The summed E-state index contributed by atoms with van der Waals surface area (Å²) in [6.45, 7) is 3.69. The van der Waals surface area contributed by atoms with Crippen molar-refractivity contribution in [3.05, 3.63) is 66.0 Å². The molecule has 1 aromatic carbocycles. The number of pyridine rings is 1. The van der Waals surface area contributed by atoms with E-state index in [1.807, 2.05) is 18.2 Å². The summed E-state index contributed by atoms with van der Waals surface area (Å²) in [6, 6.07) is 14.2. The van der Waals surface area contributed by atoms with Gasteiger partial charge in [-0.25, -0.2) is 4.79 Å². The summed E-state index contributed by atoms with van der Waals surface area (Å²) in [6.07, 6.45) is 1.51. The Morgan fingerprint density at radius 1 is 1.05 bits per heavy atom. The number of aromatic nitrogens is 1. The number of ether oxygens (including phenoxy) is 1. The van der Waals surface area contributed by atoms with E-state index in [0.717, 1.165) is 0 Å². The van der Waals surface area contributed by atoms with Crippen molar-refractivity contribution < 1.29 is 18.9 Å². The van der Waals surface area contributed by atoms with Crippen LogP contribution in [-0.4, -0.2) is 17.9 Å². The van der Waals surface area contributed by atoms with Gasteiger partial charge in [-0.3, -0.25) is 4.79 Å². The summed E-state index contributed by atoms with van der Waals surface area (Å²) in [5.74, 6) is -0.475. The van der Waals surface area contributed by atoms with Gasteiger partial charge in [0.25, 0.3) is 5.69 Å². The van der Waals surface area contributed by atoms with Crippen LogP contribution >= 0.6 is 0 Å². The maximum absolute atomic E-state index is 12.2. The number of carbonyl (C=O) groups excluding carboxylic acids is 2. The zero-order chi connectivity index (χ0) is 15.2. The highest BCUT2D eigenvalue weighted by Gasteiger charge is 2.23. The Hall–Kier alpha value is -2.49. The monoisotopic (exact) mass is 284 g/mol. The fourth-order valence-corrected chi connectivity index (χ4v) is 1.94. The van der Waals surface area contributed by atoms with Crippen molar-refractivity contribution in [3.8, 4) is 0 Å². The molecule has 0 saturated heterocycles. The molecule has 1 heterocycles. The Balaban J connectivity index is 2.21. The summed E-state index contributed by atoms with van der Waals surface area (Å²) >= 11 is 0. The minimum atomic E-state index is -0.425. The summed E-state index contributed by atoms with van der Waals surface area (Å²) in [4.78, 5) is 24.3. The van der Waals surface area contributed by atoms with Crippen LogP contribution in [0.15, 0.2) is 54.7 Å². The highest BCUT2D eigenvalue weighted by atomic mass is 16.5. The third-order valence-electron chi connectivity index (χ3n) is 2.90. The van der Waals surface area contributed by atoms with Crippen molar-refractivity contribution in [2.75, 3.05) is 0 Å². The Kier molecular flexibility index (Phi) is 4.82. The topological polar surface area (TPSA) is 47.2 Å². The minimum absolute atomic E-state index is 0.0506. The maximum atomic E-state index is 12.2. The number of Topliss-reactive ketones (excluding diaryl/α,β-unsaturated/α-hetero) is 1. The molecule has 21 heavy (non-hydrogen) atoms. The number of carbonyl (C=O) groups is 2. The third kappa shape index (κ3) is 3.99. The third-order valence-corrected chi connectivity index (χ3v) is 2.90. The number of hydrogen-bond donors (Lipinski definition) is 0. The molecule has 4 nitrogen and oxygen atoms in total. The highest BCUT2D eigenvalue weighted by molar-refractivity contribution is 5.95. The predicted molar refractivity (Wildman–Crippen MR) is 78.0 cm³/mol. The molecule has 0 radical (unpaired) electrons. The van der Waals surface area contributed by atoms with E-state index >= 15 is 0 Å². The van der Waals surface area contributed by atoms with E-state index in [2.05, 4.69) is 0 Å². The van der Waals surface area contributed by atoms with Crippen molar-refractivity contribution in [1.29, 1.82) is 0 Å². The van der Waals surface area contributed by atoms with Crippen LogP contribution in [-0.2, 0) is 11.3 Å². The van der Waals surface area contributed by atoms with E-state index in [9.17, 15) is 9.59 Å². The molecule has 0 fully saturated rings. The average molecular weight is 284 g/mol. The van der Waals surface area contributed by atoms with Gasteiger partial charge in [0.05, 0.1) is 6.10 Å². The number of benzene rings is 1. The molecule has 0 amide bonds. The molecule has 0 bridgehead atoms. The van der Waals surface area contributed by atoms with Crippen LogP contribution in [0, 0.1) is 0 Å². The summed E-state index contributed by atoms with van der Waals surface area (Å²) in [5.41, 5.74) is 0.993. The fraction of sp³-hybridized carbons (Fsp3) is 0.235. The van der Waals surface area contributed by atoms with Gasteiger partial charge in [-0.05, 0) is 19.9 Å². The molecule has 2 aromatic rings. The molecular formula is C17H18NO3+. The van der Waals surface area contributed by atoms with Gasteiger partial charge in [0.2, 0.25) is 12.3 Å². The molecule has 0 atom stereocenters. The normalized spacial score (nSPS) is 10.4. The summed E-state index contributed by atoms with van der Waals surface area (Å²) < 4.78 is 6.80. The number of rotatable bonds is 5. The van der Waals surface area contributed by atoms with Crippen LogP contribution in [0.1, 0.15) is 34.7 Å². The van der Waals surface area contributed by atoms with Crippen molar-refractivity contribution in [3.63, 3.8) is 0 Å². The van der Waals surface area contributed by atoms with Gasteiger partial charge in [-0.1, -0.05) is 30.3 Å². The zero-order valence-corrected chi connectivity index (χ0v) is 12.2. The van der Waals surface area contributed by atoms with E-state index in [4.69, 9.17) is 4.74 Å². The van der Waals surface area contributed by atoms with Crippen molar-refractivity contribution in [1.82, 2.24) is 0 Å². The summed E-state index contributed by atoms with van der Waals surface area (Å²) in [5, 5.41) is 0. The smallest absolute Gasteiger partial charge is 0.403 e. The van der Waals surface area contributed by atoms with Gasteiger partial charge in [0.1, 0.15) is 0 Å². The molecule has 2 rings (SSSR count). The molecule has 0 spiro atoms. The zero-order valence-electron chi connectivity index (χ0n) is 12.2. The Bertz CT molecular complexity index is 635. The molecule has 0 N–H and O–H groups in total. The molecule has 1 aromatic heterocycles. The van der Waals surface area contributed by atoms with Crippen molar-refractivity contribution in [2.45, 2.75) is 26.5 Å². The highest BCUT2D eigenvalue weighted by Crippen LogP contribution is 2.03. The Morgan fingerprint density at radius 3 is 2.38 bits per heavy atom. The minimum Gasteiger partial charge on any atom is -0.455 e. The molecule has 0 aliphatic heterocycles. The first-order chi connectivity index (χ1) is 10.1. The first-order valence-corrected chi connectivity index (χ1v) is 6.85. The number of nitrogens with zero attached hydrogens (tertiary/aromatic N) is 1. The fourth-order valence-electron chi connectivity index (χ4n) is 1.94. The molecule has 0 aliphatic carbocycles. The van der Waals surface area contributed by atoms with Crippen LogP contribution in [0.25, 0.3) is 0 Å². The molecule has 0 aliphatic rings. The van der Waals surface area contributed by atoms with Gasteiger partial charge >= 0.3 is 5.97 Å². The molecule has 108 valence electrons. The molecular weight excluding hydrogens is 266 g/mol. The molecule has 0 unspecified atom stereocenters. The van der Waals surface area contributed by atoms with Crippen LogP contribution < -0.4 is 4.57 Å². The molecule has 0 saturated carbocycles. The van der Waals surface area contributed by atoms with Gasteiger partial charge in [-0.2, -0.15) is 4.57 Å². The Morgan fingerprint density at radius 2 is 1.71 bits per heavy atom. The van der Waals surface area contributed by atoms with Crippen molar-refractivity contribution in [2.24, 2.45) is 0 Å². The van der Waals surface area contributed by atoms with Crippen LogP contribution in [0.2, 0.25) is 0 Å². The predicted octanol–water partition coefficient (Wildman–Crippen LogP) is 2.42. The second-order valence-corrected chi connectivity index (χ2v) is 4.96. The lowest BCUT2D eigenvalue weighted by Crippen LogP contribution is -2.44. The maximum Gasteiger partial charge on any atom is 0.403 e. The van der Waals surface area contributed by atoms with E-state index in [1.54, 1.807) is 54.9 Å².